The van der Waals surface area contributed by atoms with E-state index >= 15 is 0 Å². The predicted octanol–water partition coefficient (Wildman–Crippen LogP) is 1.08. The highest BCUT2D eigenvalue weighted by Gasteiger charge is 2.23. The Morgan fingerprint density at radius 1 is 1.42 bits per heavy atom. The highest BCUT2D eigenvalue weighted by Crippen LogP contribution is 2.29. The van der Waals surface area contributed by atoms with Crippen LogP contribution in [-0.4, -0.2) is 19.9 Å². The fourth-order valence-corrected chi connectivity index (χ4v) is 3.51. The van der Waals surface area contributed by atoms with Gasteiger partial charge in [0.05, 0.1) is 0 Å². The molecule has 1 saturated carbocycles. The Balaban J connectivity index is 1.97. The first-order chi connectivity index (χ1) is 9.01. The number of sulfonamides is 1. The Labute approximate surface area is 113 Å². The van der Waals surface area contributed by atoms with E-state index in [-0.39, 0.29) is 4.90 Å². The minimum absolute atomic E-state index is 0.164. The second-order valence-corrected chi connectivity index (χ2v) is 6.93. The van der Waals surface area contributed by atoms with Crippen molar-refractivity contribution < 1.29 is 8.42 Å². The maximum Gasteiger partial charge on any atom is 0.242 e. The Morgan fingerprint density at radius 3 is 2.74 bits per heavy atom. The molecule has 1 fully saturated rings. The molecule has 0 saturated heterocycles. The van der Waals surface area contributed by atoms with Gasteiger partial charge in [-0.2, -0.15) is 0 Å². The monoisotopic (exact) mass is 284 g/mol. The first-order valence-electron chi connectivity index (χ1n) is 6.43. The molecule has 0 aliphatic heterocycles. The number of aromatic nitrogens is 1. The first-order valence-corrected chi connectivity index (χ1v) is 7.92. The van der Waals surface area contributed by atoms with E-state index in [0.29, 0.717) is 24.2 Å². The van der Waals surface area contributed by atoms with Crippen molar-refractivity contribution in [1.82, 2.24) is 9.71 Å². The number of nitrogens with zero attached hydrogens (tertiary/aromatic N) is 1. The summed E-state index contributed by atoms with van der Waals surface area (Å²) in [6.45, 7) is 2.71. The summed E-state index contributed by atoms with van der Waals surface area (Å²) in [6, 6.07) is 3.02. The number of nitrogens with two attached hydrogens (primary N) is 1. The van der Waals surface area contributed by atoms with Crippen LogP contribution in [0.3, 0.4) is 0 Å². The molecule has 1 heterocycles. The van der Waals surface area contributed by atoms with Gasteiger partial charge in [0.1, 0.15) is 10.7 Å². The molecule has 19 heavy (non-hydrogen) atoms. The minimum Gasteiger partial charge on any atom is -0.308 e. The molecule has 7 heteroatoms. The summed E-state index contributed by atoms with van der Waals surface area (Å²) in [4.78, 5) is 4.06. The lowest BCUT2D eigenvalue weighted by atomic mass is 10.1. The molecule has 1 aromatic heterocycles. The van der Waals surface area contributed by atoms with Crippen molar-refractivity contribution in [2.75, 3.05) is 12.0 Å². The van der Waals surface area contributed by atoms with E-state index in [9.17, 15) is 8.42 Å². The minimum atomic E-state index is -3.47. The zero-order valence-corrected chi connectivity index (χ0v) is 11.8. The molecule has 1 aromatic rings. The van der Waals surface area contributed by atoms with Gasteiger partial charge in [-0.05, 0) is 36.8 Å². The van der Waals surface area contributed by atoms with Gasteiger partial charge in [0.2, 0.25) is 10.0 Å². The van der Waals surface area contributed by atoms with E-state index in [1.165, 1.54) is 24.8 Å². The van der Waals surface area contributed by atoms with Gasteiger partial charge in [-0.3, -0.25) is 0 Å². The first kappa shape index (κ1) is 14.2. The van der Waals surface area contributed by atoms with Crippen molar-refractivity contribution in [2.45, 2.75) is 31.1 Å². The van der Waals surface area contributed by atoms with Crippen molar-refractivity contribution in [3.63, 3.8) is 0 Å². The fourth-order valence-electron chi connectivity index (χ4n) is 2.45. The third-order valence-electron chi connectivity index (χ3n) is 3.56. The van der Waals surface area contributed by atoms with Gasteiger partial charge in [0.15, 0.2) is 0 Å². The maximum atomic E-state index is 12.1. The number of pyridine rings is 1. The van der Waals surface area contributed by atoms with Gasteiger partial charge >= 0.3 is 0 Å². The van der Waals surface area contributed by atoms with Crippen LogP contribution < -0.4 is 16.0 Å². The van der Waals surface area contributed by atoms with Crippen LogP contribution in [0.15, 0.2) is 23.2 Å². The molecule has 1 aliphatic rings. The molecule has 0 bridgehead atoms. The topological polar surface area (TPSA) is 97.1 Å². The third kappa shape index (κ3) is 3.65. The number of rotatable bonds is 5. The normalized spacial score (nSPS) is 23.5. The largest absolute Gasteiger partial charge is 0.308 e. The van der Waals surface area contributed by atoms with E-state index in [1.54, 1.807) is 0 Å². The van der Waals surface area contributed by atoms with Crippen LogP contribution in [0, 0.1) is 11.8 Å². The summed E-state index contributed by atoms with van der Waals surface area (Å²) >= 11 is 0. The van der Waals surface area contributed by atoms with Crippen LogP contribution in [0.2, 0.25) is 0 Å². The zero-order valence-electron chi connectivity index (χ0n) is 11.0. The van der Waals surface area contributed by atoms with Crippen molar-refractivity contribution in [1.29, 1.82) is 0 Å². The van der Waals surface area contributed by atoms with Crippen LogP contribution in [0.4, 0.5) is 5.82 Å². The molecule has 0 radical (unpaired) electrons. The molecule has 2 unspecified atom stereocenters. The number of hydrogen-bond donors (Lipinski definition) is 3. The lowest BCUT2D eigenvalue weighted by Gasteiger charge is -2.11. The molecular weight excluding hydrogens is 264 g/mol. The molecule has 4 N–H and O–H groups in total. The Morgan fingerprint density at radius 2 is 2.21 bits per heavy atom. The average molecular weight is 284 g/mol. The van der Waals surface area contributed by atoms with E-state index in [0.717, 1.165) is 12.8 Å². The van der Waals surface area contributed by atoms with E-state index in [1.807, 2.05) is 0 Å². The Hall–Kier alpha value is -1.18. The zero-order chi connectivity index (χ0) is 13.9. The number of hydrogen-bond acceptors (Lipinski definition) is 5. The summed E-state index contributed by atoms with van der Waals surface area (Å²) in [6.07, 6.45) is 4.67. The maximum absolute atomic E-state index is 12.1. The number of nitrogens with one attached hydrogen (secondary N) is 2. The molecule has 6 nitrogen and oxygen atoms in total. The molecule has 1 aliphatic carbocycles. The number of hydrazine groups is 1. The fraction of sp³-hybridized carbons (Fsp3) is 0.583. The van der Waals surface area contributed by atoms with E-state index in [2.05, 4.69) is 22.1 Å². The van der Waals surface area contributed by atoms with Crippen molar-refractivity contribution in [3.05, 3.63) is 18.3 Å². The van der Waals surface area contributed by atoms with Crippen LogP contribution in [-0.2, 0) is 10.0 Å². The predicted molar refractivity (Wildman–Crippen MR) is 73.7 cm³/mol. The summed E-state index contributed by atoms with van der Waals surface area (Å²) in [5, 5.41) is 0. The Kier molecular flexibility index (Phi) is 4.38. The van der Waals surface area contributed by atoms with Gasteiger partial charge in [-0.1, -0.05) is 13.3 Å². The van der Waals surface area contributed by atoms with E-state index in [4.69, 9.17) is 5.84 Å². The van der Waals surface area contributed by atoms with Crippen LogP contribution in [0.25, 0.3) is 0 Å². The third-order valence-corrected chi connectivity index (χ3v) is 4.97. The average Bonchev–Trinajstić information content (AvgIpc) is 2.82. The number of nitrogen functional groups attached to an aromatic ring is 1. The summed E-state index contributed by atoms with van der Waals surface area (Å²) < 4.78 is 26.8. The van der Waals surface area contributed by atoms with Gasteiger partial charge in [-0.25, -0.2) is 24.0 Å². The van der Waals surface area contributed by atoms with Crippen molar-refractivity contribution >= 4 is 15.8 Å². The molecular formula is C12H20N4O2S. The van der Waals surface area contributed by atoms with E-state index < -0.39 is 10.0 Å². The highest BCUT2D eigenvalue weighted by atomic mass is 32.2. The van der Waals surface area contributed by atoms with Crippen LogP contribution >= 0.6 is 0 Å². The lowest BCUT2D eigenvalue weighted by Crippen LogP contribution is -2.28. The summed E-state index contributed by atoms with van der Waals surface area (Å²) in [7, 11) is -3.47. The molecule has 2 atom stereocenters. The second-order valence-electron chi connectivity index (χ2n) is 5.16. The van der Waals surface area contributed by atoms with Crippen LogP contribution in [0.5, 0.6) is 0 Å². The second kappa shape index (κ2) is 5.85. The van der Waals surface area contributed by atoms with Gasteiger partial charge in [0.25, 0.3) is 0 Å². The molecule has 106 valence electrons. The van der Waals surface area contributed by atoms with Gasteiger partial charge in [-0.15, -0.1) is 0 Å². The highest BCUT2D eigenvalue weighted by molar-refractivity contribution is 7.89. The van der Waals surface area contributed by atoms with Crippen LogP contribution in [0.1, 0.15) is 26.2 Å². The lowest BCUT2D eigenvalue weighted by molar-refractivity contribution is 0.498. The summed E-state index contributed by atoms with van der Waals surface area (Å²) in [5.74, 6) is 6.77. The summed E-state index contributed by atoms with van der Waals surface area (Å²) in [5.41, 5.74) is 2.36. The van der Waals surface area contributed by atoms with Crippen molar-refractivity contribution in [3.8, 4) is 0 Å². The SMILES string of the molecule is CC1CCC(CNS(=O)(=O)c2ccc(NN)nc2)C1. The molecule has 0 aromatic carbocycles. The van der Waals surface area contributed by atoms with Gasteiger partial charge < -0.3 is 5.43 Å². The Bertz CT molecular complexity index is 515. The smallest absolute Gasteiger partial charge is 0.242 e. The number of anilines is 1. The molecule has 0 spiro atoms. The molecule has 2 rings (SSSR count). The standard InChI is InChI=1S/C12H20N4O2S/c1-9-2-3-10(6-9)7-15-19(17,18)11-4-5-12(16-13)14-8-11/h4-5,8-10,15H,2-3,6-7,13H2,1H3,(H,14,16). The quantitative estimate of drug-likeness (QED) is 0.555. The molecule has 0 amide bonds. The van der Waals surface area contributed by atoms with Crippen molar-refractivity contribution in [2.24, 2.45) is 17.7 Å². The van der Waals surface area contributed by atoms with Gasteiger partial charge in [0, 0.05) is 12.7 Å².